The largest absolute Gasteiger partial charge is 0.416 e. The van der Waals surface area contributed by atoms with Crippen LogP contribution in [0, 0.1) is 0 Å². The molecule has 0 bridgehead atoms. The number of nitrogens with one attached hydrogen (secondary N) is 1. The molecule has 0 radical (unpaired) electrons. The molecule has 0 aliphatic carbocycles. The summed E-state index contributed by atoms with van der Waals surface area (Å²) in [6, 6.07) is 7.28. The van der Waals surface area contributed by atoms with E-state index in [-0.39, 0.29) is 11.9 Å². The van der Waals surface area contributed by atoms with E-state index in [1.807, 2.05) is 12.3 Å². The molecule has 1 atom stereocenters. The lowest BCUT2D eigenvalue weighted by atomic mass is 10.1. The number of pyridine rings is 1. The van der Waals surface area contributed by atoms with Crippen LogP contribution in [0.3, 0.4) is 0 Å². The van der Waals surface area contributed by atoms with Gasteiger partial charge in [0.1, 0.15) is 6.04 Å². The SMILES string of the molecule is O=C1Nc2cc(CN3CCN(c4ccc(C(F)(F)F)cc4)CC3)cnc2N2CCC[C@@H]12. The summed E-state index contributed by atoms with van der Waals surface area (Å²) in [5, 5.41) is 3.00. The van der Waals surface area contributed by atoms with Crippen LogP contribution in [-0.4, -0.2) is 54.6 Å². The average molecular weight is 431 g/mol. The summed E-state index contributed by atoms with van der Waals surface area (Å²) in [6.07, 6.45) is -0.550. The number of amides is 1. The maximum absolute atomic E-state index is 12.8. The smallest absolute Gasteiger partial charge is 0.369 e. The first-order valence-electron chi connectivity index (χ1n) is 10.6. The molecular formula is C22H24F3N5O. The minimum Gasteiger partial charge on any atom is -0.369 e. The second-order valence-corrected chi connectivity index (χ2v) is 8.36. The first-order chi connectivity index (χ1) is 14.9. The van der Waals surface area contributed by atoms with Crippen LogP contribution in [0.25, 0.3) is 0 Å². The number of nitrogens with zero attached hydrogens (tertiary/aromatic N) is 4. The van der Waals surface area contributed by atoms with E-state index in [0.29, 0.717) is 0 Å². The van der Waals surface area contributed by atoms with Crippen LogP contribution in [0.5, 0.6) is 0 Å². The summed E-state index contributed by atoms with van der Waals surface area (Å²) in [6.45, 7) is 4.69. The van der Waals surface area contributed by atoms with Gasteiger partial charge in [0, 0.05) is 51.2 Å². The number of aromatic nitrogens is 1. The van der Waals surface area contributed by atoms with E-state index in [1.54, 1.807) is 12.1 Å². The lowest BCUT2D eigenvalue weighted by Crippen LogP contribution is -2.46. The topological polar surface area (TPSA) is 51.7 Å². The molecule has 5 rings (SSSR count). The Hall–Kier alpha value is -2.81. The Morgan fingerprint density at radius 2 is 1.81 bits per heavy atom. The lowest BCUT2D eigenvalue weighted by Gasteiger charge is -2.36. The first-order valence-corrected chi connectivity index (χ1v) is 10.6. The summed E-state index contributed by atoms with van der Waals surface area (Å²) in [7, 11) is 0. The maximum atomic E-state index is 12.8. The maximum Gasteiger partial charge on any atom is 0.416 e. The van der Waals surface area contributed by atoms with Crippen molar-refractivity contribution in [2.24, 2.45) is 0 Å². The van der Waals surface area contributed by atoms with Gasteiger partial charge in [-0.2, -0.15) is 13.2 Å². The highest BCUT2D eigenvalue weighted by Gasteiger charge is 2.37. The summed E-state index contributed by atoms with van der Waals surface area (Å²) in [5.74, 6) is 0.909. The molecule has 164 valence electrons. The number of carbonyl (C=O) groups is 1. The summed E-state index contributed by atoms with van der Waals surface area (Å²) in [5.41, 5.74) is 2.01. The summed E-state index contributed by atoms with van der Waals surface area (Å²) in [4.78, 5) is 23.5. The van der Waals surface area contributed by atoms with E-state index >= 15 is 0 Å². The molecule has 1 amide bonds. The fourth-order valence-corrected chi connectivity index (χ4v) is 4.70. The highest BCUT2D eigenvalue weighted by molar-refractivity contribution is 6.03. The Balaban J connectivity index is 1.20. The highest BCUT2D eigenvalue weighted by atomic mass is 19.4. The van der Waals surface area contributed by atoms with Crippen molar-refractivity contribution in [1.29, 1.82) is 0 Å². The summed E-state index contributed by atoms with van der Waals surface area (Å²) < 4.78 is 38.3. The van der Waals surface area contributed by atoms with E-state index in [4.69, 9.17) is 0 Å². The number of alkyl halides is 3. The van der Waals surface area contributed by atoms with Crippen molar-refractivity contribution < 1.29 is 18.0 Å². The van der Waals surface area contributed by atoms with Gasteiger partial charge in [0.15, 0.2) is 5.82 Å². The molecule has 2 saturated heterocycles. The molecule has 1 N–H and O–H groups in total. The second-order valence-electron chi connectivity index (χ2n) is 8.36. The zero-order valence-corrected chi connectivity index (χ0v) is 17.0. The Morgan fingerprint density at radius 3 is 2.52 bits per heavy atom. The molecule has 4 heterocycles. The van der Waals surface area contributed by atoms with Gasteiger partial charge in [-0.1, -0.05) is 0 Å². The number of hydrogen-bond donors (Lipinski definition) is 1. The van der Waals surface area contributed by atoms with E-state index < -0.39 is 11.7 Å². The molecule has 0 unspecified atom stereocenters. The molecule has 3 aliphatic rings. The average Bonchev–Trinajstić information content (AvgIpc) is 3.25. The molecule has 2 fully saturated rings. The molecule has 1 aromatic heterocycles. The van der Waals surface area contributed by atoms with Gasteiger partial charge in [0.05, 0.1) is 11.3 Å². The number of halogens is 3. The predicted molar refractivity (Wildman–Crippen MR) is 112 cm³/mol. The van der Waals surface area contributed by atoms with Crippen LogP contribution in [0.4, 0.5) is 30.4 Å². The Kier molecular flexibility index (Phi) is 5.00. The lowest BCUT2D eigenvalue weighted by molar-refractivity contribution is -0.137. The minimum atomic E-state index is -4.31. The fraction of sp³-hybridized carbons (Fsp3) is 0.455. The third-order valence-corrected chi connectivity index (χ3v) is 6.35. The van der Waals surface area contributed by atoms with Gasteiger partial charge in [-0.3, -0.25) is 9.69 Å². The van der Waals surface area contributed by atoms with Gasteiger partial charge in [-0.25, -0.2) is 4.98 Å². The van der Waals surface area contributed by atoms with Gasteiger partial charge < -0.3 is 15.1 Å². The minimum absolute atomic E-state index is 0.0501. The van der Waals surface area contributed by atoms with Crippen LogP contribution >= 0.6 is 0 Å². The number of hydrogen-bond acceptors (Lipinski definition) is 5. The molecule has 3 aliphatic heterocycles. The zero-order valence-electron chi connectivity index (χ0n) is 17.0. The van der Waals surface area contributed by atoms with Crippen molar-refractivity contribution >= 4 is 23.1 Å². The van der Waals surface area contributed by atoms with Gasteiger partial charge in [-0.15, -0.1) is 0 Å². The molecule has 1 aromatic carbocycles. The van der Waals surface area contributed by atoms with E-state index in [2.05, 4.69) is 25.0 Å². The predicted octanol–water partition coefficient (Wildman–Crippen LogP) is 3.34. The van der Waals surface area contributed by atoms with Crippen molar-refractivity contribution in [3.05, 3.63) is 47.7 Å². The normalized spacial score (nSPS) is 21.6. The van der Waals surface area contributed by atoms with Crippen molar-refractivity contribution in [3.63, 3.8) is 0 Å². The molecule has 0 spiro atoms. The molecule has 6 nitrogen and oxygen atoms in total. The monoisotopic (exact) mass is 431 g/mol. The van der Waals surface area contributed by atoms with Gasteiger partial charge in [0.2, 0.25) is 5.91 Å². The van der Waals surface area contributed by atoms with Crippen LogP contribution in [0.1, 0.15) is 24.0 Å². The Bertz CT molecular complexity index is 970. The van der Waals surface area contributed by atoms with E-state index in [1.165, 1.54) is 0 Å². The van der Waals surface area contributed by atoms with Crippen molar-refractivity contribution in [2.75, 3.05) is 47.8 Å². The first kappa shape index (κ1) is 20.1. The van der Waals surface area contributed by atoms with Crippen molar-refractivity contribution in [2.45, 2.75) is 31.6 Å². The quantitative estimate of drug-likeness (QED) is 0.808. The number of fused-ring (bicyclic) bond motifs is 3. The zero-order chi connectivity index (χ0) is 21.6. The molecule has 2 aromatic rings. The number of piperazine rings is 1. The third-order valence-electron chi connectivity index (χ3n) is 6.35. The van der Waals surface area contributed by atoms with Crippen LogP contribution in [0.15, 0.2) is 36.5 Å². The number of benzene rings is 1. The summed E-state index contributed by atoms with van der Waals surface area (Å²) >= 11 is 0. The number of anilines is 3. The second kappa shape index (κ2) is 7.71. The molecular weight excluding hydrogens is 407 g/mol. The standard InChI is InChI=1S/C22H24F3N5O/c23-22(24,25)16-3-5-17(6-4-16)29-10-8-28(9-11-29)14-15-12-18-20(26-13-15)30-7-1-2-19(30)21(31)27-18/h3-6,12-13,19H,1-2,7-11,14H2,(H,27,31)/t19-/m0/s1. The molecule has 31 heavy (non-hydrogen) atoms. The number of rotatable bonds is 3. The Morgan fingerprint density at radius 1 is 1.06 bits per heavy atom. The number of carbonyl (C=O) groups excluding carboxylic acids is 1. The molecule has 9 heteroatoms. The third kappa shape index (κ3) is 3.94. The van der Waals surface area contributed by atoms with Crippen molar-refractivity contribution in [3.8, 4) is 0 Å². The van der Waals surface area contributed by atoms with Crippen LogP contribution in [0.2, 0.25) is 0 Å². The Labute approximate surface area is 178 Å². The van der Waals surface area contributed by atoms with Crippen molar-refractivity contribution in [1.82, 2.24) is 9.88 Å². The van der Waals surface area contributed by atoms with Crippen LogP contribution < -0.4 is 15.1 Å². The van der Waals surface area contributed by atoms with Gasteiger partial charge in [-0.05, 0) is 48.7 Å². The van der Waals surface area contributed by atoms with Gasteiger partial charge in [0.25, 0.3) is 0 Å². The van der Waals surface area contributed by atoms with Gasteiger partial charge >= 0.3 is 6.18 Å². The van der Waals surface area contributed by atoms with Crippen LogP contribution in [-0.2, 0) is 17.5 Å². The van der Waals surface area contributed by atoms with E-state index in [9.17, 15) is 18.0 Å². The molecule has 0 saturated carbocycles. The van der Waals surface area contributed by atoms with E-state index in [0.717, 1.165) is 87.0 Å². The highest BCUT2D eigenvalue weighted by Crippen LogP contribution is 2.35. The fourth-order valence-electron chi connectivity index (χ4n) is 4.70.